The number of rotatable bonds is 3. The second-order valence-electron chi connectivity index (χ2n) is 8.19. The maximum absolute atomic E-state index is 13.1. The Labute approximate surface area is 167 Å². The lowest BCUT2D eigenvalue weighted by atomic mass is 9.91. The molecule has 7 heteroatoms. The van der Waals surface area contributed by atoms with Crippen LogP contribution in [0, 0.1) is 11.8 Å². The summed E-state index contributed by atoms with van der Waals surface area (Å²) in [6.45, 7) is 0.892. The van der Waals surface area contributed by atoms with Crippen molar-refractivity contribution < 1.29 is 23.1 Å². The lowest BCUT2D eigenvalue weighted by Gasteiger charge is -2.26. The molecule has 2 amide bonds. The van der Waals surface area contributed by atoms with Crippen LogP contribution in [-0.2, 0) is 12.6 Å². The van der Waals surface area contributed by atoms with E-state index in [2.05, 4.69) is 5.32 Å². The quantitative estimate of drug-likeness (QED) is 0.789. The van der Waals surface area contributed by atoms with Gasteiger partial charge in [0.2, 0.25) is 0 Å². The van der Waals surface area contributed by atoms with Gasteiger partial charge in [-0.2, -0.15) is 13.2 Å². The molecule has 2 aromatic rings. The van der Waals surface area contributed by atoms with Gasteiger partial charge in [-0.1, -0.05) is 42.5 Å². The number of amides is 2. The smallest absolute Gasteiger partial charge is 0.390 e. The zero-order valence-electron chi connectivity index (χ0n) is 15.8. The molecule has 1 aliphatic carbocycles. The number of hydrogen-bond donors (Lipinski definition) is 2. The lowest BCUT2D eigenvalue weighted by molar-refractivity contribution is -0.136. The van der Waals surface area contributed by atoms with Gasteiger partial charge in [0, 0.05) is 19.5 Å². The van der Waals surface area contributed by atoms with E-state index in [4.69, 9.17) is 0 Å². The van der Waals surface area contributed by atoms with Crippen LogP contribution in [0.2, 0.25) is 0 Å². The predicted molar refractivity (Wildman–Crippen MR) is 103 cm³/mol. The van der Waals surface area contributed by atoms with Crippen LogP contribution in [0.4, 0.5) is 23.7 Å². The summed E-state index contributed by atoms with van der Waals surface area (Å²) in [6, 6.07) is 14.3. The Morgan fingerprint density at radius 2 is 1.62 bits per heavy atom. The Kier molecular flexibility index (Phi) is 5.02. The summed E-state index contributed by atoms with van der Waals surface area (Å²) in [6.07, 6.45) is -2.77. The Morgan fingerprint density at radius 1 is 1.03 bits per heavy atom. The van der Waals surface area contributed by atoms with E-state index in [-0.39, 0.29) is 17.5 Å². The Balaban J connectivity index is 1.38. The first-order valence-corrected chi connectivity index (χ1v) is 9.72. The molecule has 0 radical (unpaired) electrons. The van der Waals surface area contributed by atoms with Crippen molar-refractivity contribution in [2.75, 3.05) is 18.4 Å². The molecule has 0 spiro atoms. The standard InChI is InChI=1S/C22H23F3N2O2/c23-22(24,25)18-8-4-5-9-19(18)26-20(28)27-13-16-11-21(29,12-17(16)14-27)10-15-6-2-1-3-7-15/h1-9,16-17,29H,10-14H2,(H,26,28)/t16-,17+,21?. The fourth-order valence-electron chi connectivity index (χ4n) is 4.78. The van der Waals surface area contributed by atoms with E-state index >= 15 is 0 Å². The fraction of sp³-hybridized carbons (Fsp3) is 0.409. The topological polar surface area (TPSA) is 52.6 Å². The van der Waals surface area contributed by atoms with Gasteiger partial charge < -0.3 is 15.3 Å². The molecule has 2 fully saturated rings. The van der Waals surface area contributed by atoms with Gasteiger partial charge in [0.25, 0.3) is 0 Å². The molecule has 1 saturated carbocycles. The third-order valence-corrected chi connectivity index (χ3v) is 6.00. The van der Waals surface area contributed by atoms with E-state index in [1.165, 1.54) is 18.2 Å². The molecular weight excluding hydrogens is 381 g/mol. The number of benzene rings is 2. The number of urea groups is 1. The van der Waals surface area contributed by atoms with Gasteiger partial charge in [-0.15, -0.1) is 0 Å². The van der Waals surface area contributed by atoms with Crippen LogP contribution in [0.3, 0.4) is 0 Å². The molecule has 154 valence electrons. The molecule has 3 atom stereocenters. The number of halogens is 3. The molecular formula is C22H23F3N2O2. The van der Waals surface area contributed by atoms with Crippen molar-refractivity contribution in [3.63, 3.8) is 0 Å². The maximum atomic E-state index is 13.1. The maximum Gasteiger partial charge on any atom is 0.418 e. The van der Waals surface area contributed by atoms with Crippen molar-refractivity contribution in [1.29, 1.82) is 0 Å². The zero-order chi connectivity index (χ0) is 20.6. The number of carbonyl (C=O) groups excluding carboxylic acids is 1. The summed E-state index contributed by atoms with van der Waals surface area (Å²) in [7, 11) is 0. The second kappa shape index (κ2) is 7.37. The summed E-state index contributed by atoms with van der Waals surface area (Å²) in [5.41, 5.74) is -0.803. The Bertz CT molecular complexity index is 871. The number of fused-ring (bicyclic) bond motifs is 1. The second-order valence-corrected chi connectivity index (χ2v) is 8.19. The summed E-state index contributed by atoms with van der Waals surface area (Å²) in [5.74, 6) is 0.319. The highest BCUT2D eigenvalue weighted by molar-refractivity contribution is 5.90. The number of nitrogens with one attached hydrogen (secondary N) is 1. The Morgan fingerprint density at radius 3 is 2.24 bits per heavy atom. The largest absolute Gasteiger partial charge is 0.418 e. The highest BCUT2D eigenvalue weighted by atomic mass is 19.4. The average molecular weight is 404 g/mol. The molecule has 2 N–H and O–H groups in total. The van der Waals surface area contributed by atoms with Gasteiger partial charge in [0.1, 0.15) is 0 Å². The minimum Gasteiger partial charge on any atom is -0.390 e. The molecule has 2 aromatic carbocycles. The van der Waals surface area contributed by atoms with E-state index in [0.717, 1.165) is 11.6 Å². The third-order valence-electron chi connectivity index (χ3n) is 6.00. The normalized spacial score (nSPS) is 26.4. The third kappa shape index (κ3) is 4.24. The van der Waals surface area contributed by atoms with E-state index < -0.39 is 23.4 Å². The average Bonchev–Trinajstić information content (AvgIpc) is 3.17. The van der Waals surface area contributed by atoms with Gasteiger partial charge >= 0.3 is 12.2 Å². The van der Waals surface area contributed by atoms with Crippen molar-refractivity contribution in [2.24, 2.45) is 11.8 Å². The highest BCUT2D eigenvalue weighted by Crippen LogP contribution is 2.45. The van der Waals surface area contributed by atoms with Crippen molar-refractivity contribution >= 4 is 11.7 Å². The SMILES string of the molecule is O=C(Nc1ccccc1C(F)(F)F)N1C[C@@H]2CC(O)(Cc3ccccc3)C[C@@H]2C1. The van der Waals surface area contributed by atoms with Gasteiger partial charge in [0.15, 0.2) is 0 Å². The van der Waals surface area contributed by atoms with E-state index in [9.17, 15) is 23.1 Å². The van der Waals surface area contributed by atoms with Gasteiger partial charge in [0.05, 0.1) is 16.9 Å². The van der Waals surface area contributed by atoms with Gasteiger partial charge in [-0.25, -0.2) is 4.79 Å². The van der Waals surface area contributed by atoms with Gasteiger partial charge in [-0.05, 0) is 42.4 Å². The molecule has 2 aliphatic rings. The minimum atomic E-state index is -4.53. The minimum absolute atomic E-state index is 0.160. The number of hydrogen-bond acceptors (Lipinski definition) is 2. The van der Waals surface area contributed by atoms with Crippen LogP contribution < -0.4 is 5.32 Å². The van der Waals surface area contributed by atoms with Crippen molar-refractivity contribution in [3.05, 3.63) is 65.7 Å². The lowest BCUT2D eigenvalue weighted by Crippen LogP contribution is -2.37. The van der Waals surface area contributed by atoms with Crippen LogP contribution in [-0.4, -0.2) is 34.7 Å². The number of alkyl halides is 3. The number of carbonyl (C=O) groups is 1. The van der Waals surface area contributed by atoms with E-state index in [0.29, 0.717) is 32.4 Å². The first-order chi connectivity index (χ1) is 13.7. The molecule has 1 saturated heterocycles. The summed E-state index contributed by atoms with van der Waals surface area (Å²) in [5, 5.41) is 13.4. The predicted octanol–water partition coefficient (Wildman–Crippen LogP) is 4.55. The number of para-hydroxylation sites is 1. The van der Waals surface area contributed by atoms with Crippen LogP contribution in [0.25, 0.3) is 0 Å². The molecule has 1 aliphatic heterocycles. The van der Waals surface area contributed by atoms with Crippen LogP contribution in [0.15, 0.2) is 54.6 Å². The zero-order valence-corrected chi connectivity index (χ0v) is 15.8. The highest BCUT2D eigenvalue weighted by Gasteiger charge is 2.49. The molecule has 29 heavy (non-hydrogen) atoms. The molecule has 0 aromatic heterocycles. The van der Waals surface area contributed by atoms with Crippen LogP contribution >= 0.6 is 0 Å². The fourth-order valence-corrected chi connectivity index (χ4v) is 4.78. The van der Waals surface area contributed by atoms with Crippen molar-refractivity contribution in [3.8, 4) is 0 Å². The van der Waals surface area contributed by atoms with Gasteiger partial charge in [-0.3, -0.25) is 0 Å². The summed E-state index contributed by atoms with van der Waals surface area (Å²) >= 11 is 0. The molecule has 0 bridgehead atoms. The number of aliphatic hydroxyl groups is 1. The van der Waals surface area contributed by atoms with Crippen LogP contribution in [0.5, 0.6) is 0 Å². The first-order valence-electron chi connectivity index (χ1n) is 9.72. The monoisotopic (exact) mass is 404 g/mol. The summed E-state index contributed by atoms with van der Waals surface area (Å²) in [4.78, 5) is 14.1. The van der Waals surface area contributed by atoms with Crippen molar-refractivity contribution in [2.45, 2.75) is 31.0 Å². The summed E-state index contributed by atoms with van der Waals surface area (Å²) < 4.78 is 39.4. The number of likely N-dealkylation sites (tertiary alicyclic amines) is 1. The Hall–Kier alpha value is -2.54. The van der Waals surface area contributed by atoms with E-state index in [1.54, 1.807) is 4.90 Å². The van der Waals surface area contributed by atoms with E-state index in [1.807, 2.05) is 30.3 Å². The first kappa shape index (κ1) is 19.8. The van der Waals surface area contributed by atoms with Crippen molar-refractivity contribution in [1.82, 2.24) is 4.90 Å². The number of nitrogens with zero attached hydrogens (tertiary/aromatic N) is 1. The molecule has 1 unspecified atom stereocenters. The number of anilines is 1. The molecule has 1 heterocycles. The molecule has 4 rings (SSSR count). The molecule has 4 nitrogen and oxygen atoms in total. The van der Waals surface area contributed by atoms with Crippen LogP contribution in [0.1, 0.15) is 24.0 Å².